The molecule has 1 atom stereocenters. The van der Waals surface area contributed by atoms with E-state index in [2.05, 4.69) is 10.3 Å². The molecule has 0 spiro atoms. The van der Waals surface area contributed by atoms with Gasteiger partial charge in [-0.1, -0.05) is 12.1 Å². The molecule has 0 radical (unpaired) electrons. The van der Waals surface area contributed by atoms with E-state index in [-0.39, 0.29) is 0 Å². The van der Waals surface area contributed by atoms with E-state index in [1.165, 1.54) is 6.20 Å². The smallest absolute Gasteiger partial charge is 0.258 e. The number of benzene rings is 1. The van der Waals surface area contributed by atoms with Gasteiger partial charge in [-0.25, -0.2) is 13.5 Å². The first-order valence-corrected chi connectivity index (χ1v) is 6.07. The molecule has 20 heavy (non-hydrogen) atoms. The maximum atomic E-state index is 13.8. The van der Waals surface area contributed by atoms with Gasteiger partial charge in [-0.15, -0.1) is 16.7 Å². The van der Waals surface area contributed by atoms with Crippen LogP contribution in [-0.2, 0) is 0 Å². The topological polar surface area (TPSA) is 73.8 Å². The minimum absolute atomic E-state index is 0.354. The van der Waals surface area contributed by atoms with Crippen LogP contribution in [0.25, 0.3) is 5.69 Å². The summed E-state index contributed by atoms with van der Waals surface area (Å²) in [7, 11) is 0. The standard InChI is InChI=1S/C11H9ClF2N4O2/c1-2-7(12)9-5-17(16-15-9)11-8(14)3-6(13)4-10(11)18(19)20/h3-5,7H,2H2,1H3. The lowest BCUT2D eigenvalue weighted by Gasteiger charge is -2.04. The summed E-state index contributed by atoms with van der Waals surface area (Å²) < 4.78 is 27.7. The van der Waals surface area contributed by atoms with Crippen LogP contribution in [0.4, 0.5) is 14.5 Å². The van der Waals surface area contributed by atoms with Crippen molar-refractivity contribution in [2.75, 3.05) is 0 Å². The molecule has 0 aliphatic rings. The fourth-order valence-corrected chi connectivity index (χ4v) is 1.76. The molecule has 2 aromatic rings. The lowest BCUT2D eigenvalue weighted by atomic mass is 10.2. The third kappa shape index (κ3) is 2.60. The average Bonchev–Trinajstić information content (AvgIpc) is 2.86. The monoisotopic (exact) mass is 302 g/mol. The zero-order valence-electron chi connectivity index (χ0n) is 10.3. The predicted octanol–water partition coefficient (Wildman–Crippen LogP) is 3.14. The van der Waals surface area contributed by atoms with Gasteiger partial charge >= 0.3 is 5.69 Å². The third-order valence-corrected chi connectivity index (χ3v) is 3.16. The summed E-state index contributed by atoms with van der Waals surface area (Å²) in [6.07, 6.45) is 1.85. The number of hydrogen-bond acceptors (Lipinski definition) is 4. The van der Waals surface area contributed by atoms with Crippen molar-refractivity contribution >= 4 is 17.3 Å². The van der Waals surface area contributed by atoms with Crippen LogP contribution >= 0.6 is 11.6 Å². The Bertz CT molecular complexity index is 662. The van der Waals surface area contributed by atoms with E-state index >= 15 is 0 Å². The van der Waals surface area contributed by atoms with Crippen LogP contribution in [-0.4, -0.2) is 19.9 Å². The molecule has 1 heterocycles. The van der Waals surface area contributed by atoms with Crippen molar-refractivity contribution in [2.24, 2.45) is 0 Å². The largest absolute Gasteiger partial charge is 0.300 e. The number of rotatable bonds is 4. The number of halogens is 3. The summed E-state index contributed by atoms with van der Waals surface area (Å²) in [5.41, 5.74) is -0.858. The molecule has 0 aliphatic heterocycles. The van der Waals surface area contributed by atoms with E-state index in [9.17, 15) is 18.9 Å². The van der Waals surface area contributed by atoms with Crippen molar-refractivity contribution in [3.05, 3.63) is 45.8 Å². The molecule has 0 fully saturated rings. The average molecular weight is 303 g/mol. The minimum Gasteiger partial charge on any atom is -0.258 e. The first kappa shape index (κ1) is 14.3. The van der Waals surface area contributed by atoms with Gasteiger partial charge in [-0.3, -0.25) is 10.1 Å². The van der Waals surface area contributed by atoms with Gasteiger partial charge in [0.1, 0.15) is 11.5 Å². The summed E-state index contributed by atoms with van der Waals surface area (Å²) >= 11 is 5.96. The number of aromatic nitrogens is 3. The predicted molar refractivity (Wildman–Crippen MR) is 66.8 cm³/mol. The Kier molecular flexibility index (Phi) is 3.93. The maximum Gasteiger partial charge on any atom is 0.300 e. The zero-order valence-corrected chi connectivity index (χ0v) is 11.0. The quantitative estimate of drug-likeness (QED) is 0.494. The van der Waals surface area contributed by atoms with Crippen LogP contribution in [0.3, 0.4) is 0 Å². The van der Waals surface area contributed by atoms with Crippen LogP contribution in [0.2, 0.25) is 0 Å². The summed E-state index contributed by atoms with van der Waals surface area (Å²) in [6.45, 7) is 1.82. The second kappa shape index (κ2) is 5.49. The molecular formula is C11H9ClF2N4O2. The molecule has 106 valence electrons. The Morgan fingerprint density at radius 3 is 2.80 bits per heavy atom. The normalized spacial score (nSPS) is 12.4. The Morgan fingerprint density at radius 1 is 1.50 bits per heavy atom. The van der Waals surface area contributed by atoms with Gasteiger partial charge in [0.2, 0.25) is 0 Å². The fraction of sp³-hybridized carbons (Fsp3) is 0.273. The lowest BCUT2D eigenvalue weighted by Crippen LogP contribution is -2.05. The molecule has 2 rings (SSSR count). The van der Waals surface area contributed by atoms with E-state index in [1.54, 1.807) is 0 Å². The summed E-state index contributed by atoms with van der Waals surface area (Å²) in [5, 5.41) is 17.8. The Hall–Kier alpha value is -2.09. The highest BCUT2D eigenvalue weighted by Crippen LogP contribution is 2.28. The van der Waals surface area contributed by atoms with Crippen molar-refractivity contribution in [3.63, 3.8) is 0 Å². The van der Waals surface area contributed by atoms with Crippen molar-refractivity contribution in [3.8, 4) is 5.69 Å². The molecule has 0 saturated heterocycles. The highest BCUT2D eigenvalue weighted by molar-refractivity contribution is 6.20. The maximum absolute atomic E-state index is 13.8. The number of nitro benzene ring substituents is 1. The molecule has 1 aromatic carbocycles. The van der Waals surface area contributed by atoms with Crippen LogP contribution in [0.1, 0.15) is 24.4 Å². The molecule has 1 aromatic heterocycles. The molecule has 9 heteroatoms. The Labute approximate surface area is 117 Å². The SMILES string of the molecule is CCC(Cl)c1cn(-c2c(F)cc(F)cc2[N+](=O)[O-])nn1. The van der Waals surface area contributed by atoms with Crippen molar-refractivity contribution in [1.29, 1.82) is 0 Å². The number of alkyl halides is 1. The summed E-state index contributed by atoms with van der Waals surface area (Å²) in [6, 6.07) is 1.17. The highest BCUT2D eigenvalue weighted by Gasteiger charge is 2.24. The van der Waals surface area contributed by atoms with Crippen LogP contribution in [0.5, 0.6) is 0 Å². The molecule has 1 unspecified atom stereocenters. The van der Waals surface area contributed by atoms with Crippen LogP contribution in [0, 0.1) is 21.7 Å². The van der Waals surface area contributed by atoms with Gasteiger partial charge in [0.05, 0.1) is 22.6 Å². The van der Waals surface area contributed by atoms with Gasteiger partial charge in [-0.2, -0.15) is 0 Å². The Morgan fingerprint density at radius 2 is 2.20 bits per heavy atom. The van der Waals surface area contributed by atoms with Gasteiger partial charge in [0.25, 0.3) is 0 Å². The van der Waals surface area contributed by atoms with Crippen molar-refractivity contribution in [1.82, 2.24) is 15.0 Å². The minimum atomic E-state index is -1.10. The molecular weight excluding hydrogens is 294 g/mol. The number of nitrogens with zero attached hydrogens (tertiary/aromatic N) is 4. The zero-order chi connectivity index (χ0) is 14.9. The fourth-order valence-electron chi connectivity index (χ4n) is 1.66. The van der Waals surface area contributed by atoms with E-state index in [0.29, 0.717) is 24.2 Å². The van der Waals surface area contributed by atoms with Gasteiger partial charge in [0.15, 0.2) is 11.5 Å². The Balaban J connectivity index is 2.57. The van der Waals surface area contributed by atoms with E-state index in [4.69, 9.17) is 11.6 Å². The molecule has 6 nitrogen and oxygen atoms in total. The van der Waals surface area contributed by atoms with E-state index in [0.717, 1.165) is 4.68 Å². The van der Waals surface area contributed by atoms with Crippen molar-refractivity contribution < 1.29 is 13.7 Å². The van der Waals surface area contributed by atoms with E-state index in [1.807, 2.05) is 6.92 Å². The second-order valence-electron chi connectivity index (χ2n) is 3.98. The number of hydrogen-bond donors (Lipinski definition) is 0. The van der Waals surface area contributed by atoms with Gasteiger partial charge in [0, 0.05) is 6.07 Å². The van der Waals surface area contributed by atoms with Gasteiger partial charge in [-0.05, 0) is 6.42 Å². The summed E-state index contributed by atoms with van der Waals surface area (Å²) in [5.74, 6) is -2.14. The molecule has 0 N–H and O–H groups in total. The first-order chi connectivity index (χ1) is 9.43. The third-order valence-electron chi connectivity index (χ3n) is 2.62. The highest BCUT2D eigenvalue weighted by atomic mass is 35.5. The summed E-state index contributed by atoms with van der Waals surface area (Å²) in [4.78, 5) is 9.99. The van der Waals surface area contributed by atoms with Crippen LogP contribution in [0.15, 0.2) is 18.3 Å². The van der Waals surface area contributed by atoms with E-state index < -0.39 is 33.3 Å². The second-order valence-corrected chi connectivity index (χ2v) is 4.50. The number of nitro groups is 1. The van der Waals surface area contributed by atoms with Gasteiger partial charge < -0.3 is 0 Å². The molecule has 0 amide bonds. The molecule has 0 saturated carbocycles. The van der Waals surface area contributed by atoms with Crippen molar-refractivity contribution in [2.45, 2.75) is 18.7 Å². The lowest BCUT2D eigenvalue weighted by molar-refractivity contribution is -0.385. The van der Waals surface area contributed by atoms with Crippen LogP contribution < -0.4 is 0 Å². The molecule has 0 bridgehead atoms. The molecule has 0 aliphatic carbocycles. The first-order valence-electron chi connectivity index (χ1n) is 5.64.